The second-order valence-electron chi connectivity index (χ2n) is 3.55. The smallest absolute Gasteiger partial charge is 0.0499 e. The van der Waals surface area contributed by atoms with Gasteiger partial charge in [0.25, 0.3) is 0 Å². The molecule has 0 radical (unpaired) electrons. The van der Waals surface area contributed by atoms with Crippen LogP contribution in [-0.4, -0.2) is 38.5 Å². The second-order valence-corrected chi connectivity index (χ2v) is 3.55. The molecule has 0 amide bonds. The van der Waals surface area contributed by atoms with Crippen LogP contribution in [0.3, 0.4) is 0 Å². The zero-order valence-electron chi connectivity index (χ0n) is 8.88. The Morgan fingerprint density at radius 3 is 2.69 bits per heavy atom. The van der Waals surface area contributed by atoms with E-state index in [-0.39, 0.29) is 0 Å². The highest BCUT2D eigenvalue weighted by atomic mass is 16.5. The van der Waals surface area contributed by atoms with E-state index >= 15 is 0 Å². The van der Waals surface area contributed by atoms with E-state index < -0.39 is 0 Å². The maximum absolute atomic E-state index is 8.54. The van der Waals surface area contributed by atoms with Crippen LogP contribution < -0.4 is 5.32 Å². The van der Waals surface area contributed by atoms with Gasteiger partial charge in [0.1, 0.15) is 0 Å². The van der Waals surface area contributed by atoms with Crippen molar-refractivity contribution in [2.45, 2.75) is 26.2 Å². The van der Waals surface area contributed by atoms with Crippen LogP contribution in [0.2, 0.25) is 0 Å². The highest BCUT2D eigenvalue weighted by molar-refractivity contribution is 4.55. The van der Waals surface area contributed by atoms with Crippen LogP contribution in [0.5, 0.6) is 0 Å². The summed E-state index contributed by atoms with van der Waals surface area (Å²) in [6, 6.07) is 0. The predicted molar refractivity (Wildman–Crippen MR) is 54.8 cm³/mol. The minimum atomic E-state index is 0.320. The van der Waals surface area contributed by atoms with Gasteiger partial charge in [-0.25, -0.2) is 0 Å². The van der Waals surface area contributed by atoms with E-state index in [9.17, 15) is 0 Å². The minimum Gasteiger partial charge on any atom is -0.396 e. The van der Waals surface area contributed by atoms with E-state index in [0.29, 0.717) is 12.5 Å². The van der Waals surface area contributed by atoms with Crippen molar-refractivity contribution in [3.05, 3.63) is 0 Å². The average Bonchev–Trinajstić information content (AvgIpc) is 2.11. The molecular formula is C10H23NO2. The zero-order valence-corrected chi connectivity index (χ0v) is 8.88. The molecular weight excluding hydrogens is 166 g/mol. The van der Waals surface area contributed by atoms with E-state index in [2.05, 4.69) is 12.2 Å². The summed E-state index contributed by atoms with van der Waals surface area (Å²) < 4.78 is 5.03. The van der Waals surface area contributed by atoms with Crippen molar-refractivity contribution in [1.82, 2.24) is 5.32 Å². The van der Waals surface area contributed by atoms with Crippen LogP contribution in [0.25, 0.3) is 0 Å². The summed E-state index contributed by atoms with van der Waals surface area (Å²) in [4.78, 5) is 0. The van der Waals surface area contributed by atoms with E-state index in [1.807, 2.05) is 0 Å². The lowest BCUT2D eigenvalue weighted by atomic mass is 10.2. The largest absolute Gasteiger partial charge is 0.396 e. The summed E-state index contributed by atoms with van der Waals surface area (Å²) in [6.45, 7) is 5.38. The molecule has 0 aliphatic heterocycles. The molecule has 0 aromatic carbocycles. The molecule has 13 heavy (non-hydrogen) atoms. The van der Waals surface area contributed by atoms with Gasteiger partial charge in [0.05, 0.1) is 0 Å². The lowest BCUT2D eigenvalue weighted by Gasteiger charge is -2.10. The number of ether oxygens (including phenoxy) is 1. The number of rotatable bonds is 9. The van der Waals surface area contributed by atoms with Gasteiger partial charge in [-0.05, 0) is 38.3 Å². The first-order valence-corrected chi connectivity index (χ1v) is 5.11. The number of aliphatic hydroxyl groups is 1. The van der Waals surface area contributed by atoms with Gasteiger partial charge in [0.2, 0.25) is 0 Å². The van der Waals surface area contributed by atoms with Gasteiger partial charge in [0, 0.05) is 20.3 Å². The standard InChI is InChI=1S/C10H23NO2/c1-10(9-13-2)8-11-6-4-3-5-7-12/h10-12H,3-9H2,1-2H3. The van der Waals surface area contributed by atoms with Crippen LogP contribution in [0.15, 0.2) is 0 Å². The third kappa shape index (κ3) is 9.80. The number of methoxy groups -OCH3 is 1. The van der Waals surface area contributed by atoms with Crippen molar-refractivity contribution in [2.24, 2.45) is 5.92 Å². The normalized spacial score (nSPS) is 13.2. The van der Waals surface area contributed by atoms with E-state index in [1.54, 1.807) is 7.11 Å². The molecule has 0 fully saturated rings. The predicted octanol–water partition coefficient (Wildman–Crippen LogP) is 1.02. The van der Waals surface area contributed by atoms with Crippen molar-refractivity contribution in [2.75, 3.05) is 33.4 Å². The molecule has 0 spiro atoms. The maximum Gasteiger partial charge on any atom is 0.0499 e. The summed E-state index contributed by atoms with van der Waals surface area (Å²) >= 11 is 0. The van der Waals surface area contributed by atoms with Crippen molar-refractivity contribution in [3.63, 3.8) is 0 Å². The van der Waals surface area contributed by atoms with Gasteiger partial charge < -0.3 is 15.2 Å². The van der Waals surface area contributed by atoms with E-state index in [1.165, 1.54) is 0 Å². The third-order valence-corrected chi connectivity index (χ3v) is 1.96. The Labute approximate surface area is 81.5 Å². The van der Waals surface area contributed by atoms with Crippen molar-refractivity contribution < 1.29 is 9.84 Å². The number of nitrogens with one attached hydrogen (secondary N) is 1. The maximum atomic E-state index is 8.54. The first-order chi connectivity index (χ1) is 6.31. The van der Waals surface area contributed by atoms with Crippen molar-refractivity contribution in [1.29, 1.82) is 0 Å². The van der Waals surface area contributed by atoms with Crippen LogP contribution >= 0.6 is 0 Å². The molecule has 0 bridgehead atoms. The molecule has 3 nitrogen and oxygen atoms in total. The number of unbranched alkanes of at least 4 members (excludes halogenated alkanes) is 2. The highest BCUT2D eigenvalue weighted by Crippen LogP contribution is 1.94. The Morgan fingerprint density at radius 2 is 2.08 bits per heavy atom. The molecule has 0 heterocycles. The molecule has 1 atom stereocenters. The zero-order chi connectivity index (χ0) is 9.94. The van der Waals surface area contributed by atoms with Gasteiger partial charge in [-0.1, -0.05) is 6.92 Å². The molecule has 2 N–H and O–H groups in total. The molecule has 0 rings (SSSR count). The minimum absolute atomic E-state index is 0.320. The Hall–Kier alpha value is -0.120. The van der Waals surface area contributed by atoms with Crippen molar-refractivity contribution in [3.8, 4) is 0 Å². The van der Waals surface area contributed by atoms with Crippen LogP contribution in [0.1, 0.15) is 26.2 Å². The van der Waals surface area contributed by atoms with Gasteiger partial charge in [-0.15, -0.1) is 0 Å². The quantitative estimate of drug-likeness (QED) is 0.532. The molecule has 0 aromatic rings. The second kappa shape index (κ2) is 9.96. The summed E-state index contributed by atoms with van der Waals surface area (Å²) in [6.07, 6.45) is 3.19. The Morgan fingerprint density at radius 1 is 1.31 bits per heavy atom. The van der Waals surface area contributed by atoms with Crippen LogP contribution in [0, 0.1) is 5.92 Å². The average molecular weight is 189 g/mol. The highest BCUT2D eigenvalue weighted by Gasteiger charge is 1.99. The van der Waals surface area contributed by atoms with Gasteiger partial charge in [0.15, 0.2) is 0 Å². The molecule has 0 aliphatic carbocycles. The van der Waals surface area contributed by atoms with E-state index in [0.717, 1.165) is 39.0 Å². The SMILES string of the molecule is COCC(C)CNCCCCCO. The first-order valence-electron chi connectivity index (χ1n) is 5.11. The monoisotopic (exact) mass is 189 g/mol. The molecule has 0 aliphatic rings. The lowest BCUT2D eigenvalue weighted by molar-refractivity contribution is 0.158. The summed E-state index contributed by atoms with van der Waals surface area (Å²) in [5.41, 5.74) is 0. The molecule has 1 unspecified atom stereocenters. The molecule has 0 saturated carbocycles. The van der Waals surface area contributed by atoms with Gasteiger partial charge in [-0.2, -0.15) is 0 Å². The summed E-state index contributed by atoms with van der Waals surface area (Å²) in [5.74, 6) is 0.586. The van der Waals surface area contributed by atoms with Crippen molar-refractivity contribution >= 4 is 0 Å². The Bertz CT molecular complexity index is 98.9. The fourth-order valence-electron chi connectivity index (χ4n) is 1.23. The summed E-state index contributed by atoms with van der Waals surface area (Å²) in [5, 5.41) is 11.9. The molecule has 80 valence electrons. The molecule has 3 heteroatoms. The van der Waals surface area contributed by atoms with Gasteiger partial charge in [-0.3, -0.25) is 0 Å². The molecule has 0 aromatic heterocycles. The number of hydrogen-bond acceptors (Lipinski definition) is 3. The topological polar surface area (TPSA) is 41.5 Å². The van der Waals surface area contributed by atoms with Crippen LogP contribution in [0.4, 0.5) is 0 Å². The fourth-order valence-corrected chi connectivity index (χ4v) is 1.23. The molecule has 0 saturated heterocycles. The number of hydrogen-bond donors (Lipinski definition) is 2. The first kappa shape index (κ1) is 12.9. The summed E-state index contributed by atoms with van der Waals surface area (Å²) in [7, 11) is 1.73. The number of aliphatic hydroxyl groups excluding tert-OH is 1. The Balaban J connectivity index is 2.97. The fraction of sp³-hybridized carbons (Fsp3) is 1.00. The van der Waals surface area contributed by atoms with E-state index in [4.69, 9.17) is 9.84 Å². The lowest BCUT2D eigenvalue weighted by Crippen LogP contribution is -2.24. The van der Waals surface area contributed by atoms with Gasteiger partial charge >= 0.3 is 0 Å². The third-order valence-electron chi connectivity index (χ3n) is 1.96. The Kier molecular flexibility index (Phi) is 9.87. The van der Waals surface area contributed by atoms with Crippen LogP contribution in [-0.2, 0) is 4.74 Å².